The van der Waals surface area contributed by atoms with Crippen molar-refractivity contribution in [3.63, 3.8) is 0 Å². The van der Waals surface area contributed by atoms with Crippen LogP contribution >= 0.6 is 0 Å². The van der Waals surface area contributed by atoms with Gasteiger partial charge in [0.1, 0.15) is 11.2 Å². The molecule has 3 aromatic rings. The van der Waals surface area contributed by atoms with E-state index >= 15 is 4.79 Å². The lowest BCUT2D eigenvalue weighted by molar-refractivity contribution is -0.131. The van der Waals surface area contributed by atoms with Gasteiger partial charge in [0.2, 0.25) is 47.3 Å². The Bertz CT molecular complexity index is 2800. The third-order valence-corrected chi connectivity index (χ3v) is 14.8. The largest absolute Gasteiger partial charge is 0.508 e. The molecule has 20 nitrogen and oxygen atoms in total. The molecular weight excluding hydrogens is 843 g/mol. The van der Waals surface area contributed by atoms with Gasteiger partial charge in [-0.1, -0.05) is 26.3 Å². The minimum Gasteiger partial charge on any atom is -0.508 e. The Hall–Kier alpha value is -7.35. The Balaban J connectivity index is 1.90. The summed E-state index contributed by atoms with van der Waals surface area (Å²) in [5.74, 6) is -16.9. The molecule has 0 saturated heterocycles. The molecule has 4 unspecified atom stereocenters. The highest BCUT2D eigenvalue weighted by atomic mass is 16.3. The summed E-state index contributed by atoms with van der Waals surface area (Å²) >= 11 is 0. The molecule has 20 heteroatoms. The number of aryl methyl sites for hydroxylation is 1. The number of nitrogens with two attached hydrogens (primary N) is 8. The van der Waals surface area contributed by atoms with Crippen LogP contribution in [-0.2, 0) is 26.2 Å². The lowest BCUT2D eigenvalue weighted by Crippen LogP contribution is -2.61. The van der Waals surface area contributed by atoms with Crippen LogP contribution in [0.3, 0.4) is 0 Å². The number of primary amides is 8. The van der Waals surface area contributed by atoms with Gasteiger partial charge in [-0.15, -0.1) is 0 Å². The molecule has 7 rings (SSSR count). The van der Waals surface area contributed by atoms with Crippen LogP contribution in [0.25, 0.3) is 16.3 Å². The molecule has 0 bridgehead atoms. The van der Waals surface area contributed by atoms with E-state index in [1.54, 1.807) is 13.0 Å². The first-order valence-corrected chi connectivity index (χ1v) is 21.1. The number of carbonyl (C=O) groups is 9. The average Bonchev–Trinajstić information content (AvgIpc) is 3.53. The molecule has 65 heavy (non-hydrogen) atoms. The van der Waals surface area contributed by atoms with E-state index in [0.717, 1.165) is 4.90 Å². The molecule has 18 N–H and O–H groups in total. The number of amides is 9. The van der Waals surface area contributed by atoms with E-state index in [1.807, 2.05) is 6.92 Å². The van der Waals surface area contributed by atoms with Crippen molar-refractivity contribution in [2.24, 2.45) is 69.0 Å². The summed E-state index contributed by atoms with van der Waals surface area (Å²) in [5.41, 5.74) is 36.6. The maximum atomic E-state index is 15.5. The predicted octanol–water partition coefficient (Wildman–Crippen LogP) is -0.484. The molecule has 4 aliphatic carbocycles. The van der Waals surface area contributed by atoms with Gasteiger partial charge in [0.05, 0.1) is 50.6 Å². The molecule has 9 amide bonds. The fourth-order valence-electron chi connectivity index (χ4n) is 12.4. The summed E-state index contributed by atoms with van der Waals surface area (Å²) in [4.78, 5) is 131. The minimum atomic E-state index is -2.99. The highest BCUT2D eigenvalue weighted by Gasteiger charge is 2.67. The Labute approximate surface area is 371 Å². The average molecular weight is 894 g/mol. The van der Waals surface area contributed by atoms with Gasteiger partial charge in [-0.2, -0.15) is 0 Å². The first-order valence-electron chi connectivity index (χ1n) is 21.1. The number of nitrogens with zero attached hydrogens (tertiary/aromatic N) is 1. The van der Waals surface area contributed by atoms with E-state index in [-0.39, 0.29) is 24.6 Å². The Morgan fingerprint density at radius 2 is 1.29 bits per heavy atom. The molecule has 0 aromatic heterocycles. The molecular formula is C45H51N9O11. The number of aromatic hydroxyl groups is 1. The molecule has 0 aliphatic heterocycles. The van der Waals surface area contributed by atoms with Crippen molar-refractivity contribution >= 4 is 69.5 Å². The first kappa shape index (κ1) is 45.7. The van der Waals surface area contributed by atoms with Crippen LogP contribution in [-0.4, -0.2) is 88.0 Å². The van der Waals surface area contributed by atoms with E-state index in [2.05, 4.69) is 0 Å². The summed E-state index contributed by atoms with van der Waals surface area (Å²) in [7, 11) is 1.30. The van der Waals surface area contributed by atoms with Crippen LogP contribution in [0.5, 0.6) is 5.75 Å². The maximum Gasteiger partial charge on any atom is 0.255 e. The van der Waals surface area contributed by atoms with Crippen LogP contribution in [0.15, 0.2) is 23.8 Å². The lowest BCUT2D eigenvalue weighted by Gasteiger charge is -2.59. The highest BCUT2D eigenvalue weighted by molar-refractivity contribution is 6.39. The maximum absolute atomic E-state index is 15.5. The van der Waals surface area contributed by atoms with Gasteiger partial charge in [0.15, 0.2) is 0 Å². The van der Waals surface area contributed by atoms with Crippen LogP contribution in [0, 0.1) is 23.2 Å². The van der Waals surface area contributed by atoms with E-state index in [4.69, 9.17) is 45.9 Å². The minimum absolute atomic E-state index is 0.0187. The quantitative estimate of drug-likeness (QED) is 0.104. The molecule has 0 spiro atoms. The van der Waals surface area contributed by atoms with E-state index in [9.17, 15) is 48.6 Å². The zero-order valence-electron chi connectivity index (χ0n) is 35.9. The second-order valence-corrected chi connectivity index (χ2v) is 17.9. The van der Waals surface area contributed by atoms with Crippen LogP contribution in [0.2, 0.25) is 0 Å². The SMILES string of the molecule is CCCCN(C)C(=O)c1c(C(N)=O)c(C(N)=O)c2c3c(c(C(N)=O)c(C(N)=O)c(C(N)=O)c13)C(C(N)=O)=C(C(N)=O)C2(C(N)=O)[C@H]1C[C@@]2(C)C(CC[C@@H]2O)C2CCc3cc(O)ccc3C21. The van der Waals surface area contributed by atoms with Crippen molar-refractivity contribution in [2.75, 3.05) is 13.6 Å². The third-order valence-electron chi connectivity index (χ3n) is 14.8. The number of phenols is 1. The van der Waals surface area contributed by atoms with Gasteiger partial charge in [-0.05, 0) is 102 Å². The van der Waals surface area contributed by atoms with Gasteiger partial charge >= 0.3 is 0 Å². The fraction of sp³-hybridized carbons (Fsp3) is 0.400. The van der Waals surface area contributed by atoms with Crippen LogP contribution in [0.1, 0.15) is 143 Å². The van der Waals surface area contributed by atoms with Gasteiger partial charge in [-0.25, -0.2) is 0 Å². The third kappa shape index (κ3) is 6.24. The number of rotatable bonds is 13. The van der Waals surface area contributed by atoms with Crippen molar-refractivity contribution in [1.82, 2.24) is 4.90 Å². The summed E-state index contributed by atoms with van der Waals surface area (Å²) in [6.45, 7) is 3.57. The monoisotopic (exact) mass is 893 g/mol. The number of phenolic OH excluding ortho intramolecular Hbond substituents is 1. The standard InChI is InChI=1S/C45H51N9O11/c1-4-5-12-54(3)42(64)30-23-25-24(27(36(47)58)28(37(48)59)26(23)35(46)57)31(39(50)61)34(41(52)63)45(43(53)65,33(25)32(40(51)62)29(30)38(49)60)20-14-44(2)19(10-11-21(44)56)18-8-6-15-13-16(55)7-9-17(15)22(18)20/h7,9,13,18-22,55-56H,4-6,8,10-12,14H2,1-3H3,(H2,46,57)(H2,47,58)(H2,48,59)(H2,49,60)(H2,50,61)(H2,51,62)(H2,52,63)(H2,53,65)/t18?,19?,20-,21-,22?,44-,45?/m0/s1. The van der Waals surface area contributed by atoms with Gasteiger partial charge < -0.3 is 61.0 Å². The van der Waals surface area contributed by atoms with Crippen molar-refractivity contribution in [2.45, 2.75) is 76.2 Å². The van der Waals surface area contributed by atoms with Crippen molar-refractivity contribution in [1.29, 1.82) is 0 Å². The van der Waals surface area contributed by atoms with E-state index in [0.29, 0.717) is 49.7 Å². The number of aliphatic hydroxyl groups excluding tert-OH is 1. The number of carbonyl (C=O) groups excluding carboxylic acids is 9. The van der Waals surface area contributed by atoms with Gasteiger partial charge in [-0.3, -0.25) is 43.2 Å². The zero-order valence-corrected chi connectivity index (χ0v) is 35.9. The molecule has 3 aromatic carbocycles. The molecule has 0 radical (unpaired) electrons. The highest BCUT2D eigenvalue weighted by Crippen LogP contribution is 2.69. The molecule has 2 saturated carbocycles. The molecule has 0 heterocycles. The Morgan fingerprint density at radius 3 is 1.82 bits per heavy atom. The Morgan fingerprint density at radius 1 is 0.708 bits per heavy atom. The second-order valence-electron chi connectivity index (χ2n) is 17.9. The summed E-state index contributed by atoms with van der Waals surface area (Å²) in [6.07, 6.45) is 1.25. The topological polar surface area (TPSA) is 405 Å². The van der Waals surface area contributed by atoms with Crippen LogP contribution in [0.4, 0.5) is 0 Å². The molecule has 342 valence electrons. The first-order chi connectivity index (χ1) is 30.4. The van der Waals surface area contributed by atoms with Crippen molar-refractivity contribution in [3.05, 3.63) is 79.4 Å². The summed E-state index contributed by atoms with van der Waals surface area (Å²) in [6, 6.07) is 4.53. The number of aliphatic hydroxyl groups is 1. The number of unbranched alkanes of at least 4 members (excludes halogenated alkanes) is 1. The molecule has 2 fully saturated rings. The summed E-state index contributed by atoms with van der Waals surface area (Å²) in [5, 5.41) is 21.0. The number of hydrogen-bond donors (Lipinski definition) is 10. The predicted molar refractivity (Wildman–Crippen MR) is 232 cm³/mol. The summed E-state index contributed by atoms with van der Waals surface area (Å²) < 4.78 is 0. The van der Waals surface area contributed by atoms with Crippen molar-refractivity contribution in [3.8, 4) is 5.75 Å². The zero-order chi connectivity index (χ0) is 48.1. The molecule has 7 atom stereocenters. The number of hydrogen-bond acceptors (Lipinski definition) is 11. The van der Waals surface area contributed by atoms with Crippen LogP contribution < -0.4 is 45.9 Å². The smallest absolute Gasteiger partial charge is 0.255 e. The fourth-order valence-corrected chi connectivity index (χ4v) is 12.4. The lowest BCUT2D eigenvalue weighted by atomic mass is 9.43. The Kier molecular flexibility index (Phi) is 11.0. The number of benzene rings is 3. The second kappa shape index (κ2) is 15.7. The molecule has 4 aliphatic rings. The number of fused-ring (bicyclic) bond motifs is 5. The van der Waals surface area contributed by atoms with Gasteiger partial charge in [0, 0.05) is 24.5 Å². The van der Waals surface area contributed by atoms with E-state index < -0.39 is 154 Å². The normalized spacial score (nSPS) is 25.2. The van der Waals surface area contributed by atoms with Crippen molar-refractivity contribution < 1.29 is 53.4 Å². The van der Waals surface area contributed by atoms with Gasteiger partial charge in [0.25, 0.3) is 5.91 Å². The van der Waals surface area contributed by atoms with E-state index in [1.165, 1.54) is 19.2 Å².